The van der Waals surface area contributed by atoms with E-state index >= 15 is 0 Å². The van der Waals surface area contributed by atoms with Crippen molar-refractivity contribution in [2.45, 2.75) is 0 Å². The Morgan fingerprint density at radius 1 is 0.314 bits per heavy atom. The molecule has 238 valence electrons. The van der Waals surface area contributed by atoms with Gasteiger partial charge < -0.3 is 13.3 Å². The second kappa shape index (κ2) is 10.7. The Kier molecular flexibility index (Phi) is 5.86. The minimum absolute atomic E-state index is 0.549. The van der Waals surface area contributed by atoms with Crippen LogP contribution in [0.3, 0.4) is 0 Å². The van der Waals surface area contributed by atoms with Gasteiger partial charge in [-0.05, 0) is 65.7 Å². The summed E-state index contributed by atoms with van der Waals surface area (Å²) in [5.41, 5.74) is 9.49. The highest BCUT2D eigenvalue weighted by atomic mass is 16.3. The van der Waals surface area contributed by atoms with Crippen molar-refractivity contribution >= 4 is 65.8 Å². The van der Waals surface area contributed by atoms with Gasteiger partial charge >= 0.3 is 0 Å². The van der Waals surface area contributed by atoms with Gasteiger partial charge in [-0.2, -0.15) is 0 Å². The van der Waals surface area contributed by atoms with Crippen LogP contribution in [-0.4, -0.2) is 15.0 Å². The molecular weight excluding hydrogens is 631 g/mol. The fraction of sp³-hybridized carbons (Fsp3) is 0. The Labute approximate surface area is 290 Å². The van der Waals surface area contributed by atoms with Crippen molar-refractivity contribution in [2.75, 3.05) is 0 Å². The molecule has 4 heterocycles. The topological polar surface area (TPSA) is 78.1 Å². The van der Waals surface area contributed by atoms with Crippen LogP contribution in [0, 0.1) is 0 Å². The van der Waals surface area contributed by atoms with E-state index in [1.807, 2.05) is 115 Å². The molecule has 0 unspecified atom stereocenters. The van der Waals surface area contributed by atoms with Crippen molar-refractivity contribution in [3.05, 3.63) is 152 Å². The zero-order chi connectivity index (χ0) is 33.5. The van der Waals surface area contributed by atoms with Crippen LogP contribution in [0.1, 0.15) is 0 Å². The minimum atomic E-state index is 0.549. The second-order valence-electron chi connectivity index (χ2n) is 12.7. The maximum Gasteiger partial charge on any atom is 0.165 e. The molecule has 0 amide bonds. The van der Waals surface area contributed by atoms with E-state index in [1.165, 1.54) is 0 Å². The normalized spacial score (nSPS) is 11.9. The van der Waals surface area contributed by atoms with E-state index in [2.05, 4.69) is 36.4 Å². The average Bonchev–Trinajstić information content (AvgIpc) is 3.88. The second-order valence-corrected chi connectivity index (χ2v) is 12.7. The highest BCUT2D eigenvalue weighted by Crippen LogP contribution is 2.46. The summed E-state index contributed by atoms with van der Waals surface area (Å²) in [6.45, 7) is 0. The molecule has 6 nitrogen and oxygen atoms in total. The maximum atomic E-state index is 6.46. The fourth-order valence-corrected chi connectivity index (χ4v) is 7.47. The van der Waals surface area contributed by atoms with Crippen molar-refractivity contribution in [2.24, 2.45) is 0 Å². The SMILES string of the molecule is c1ccc(-c2nc(-c3ccc4oc5ccccc5c4c3)nc(-c3c(-c4cccc5oc6ccccc6c45)ccc4oc5ccccc5c34)n2)cc1. The molecule has 0 aliphatic carbocycles. The highest BCUT2D eigenvalue weighted by Gasteiger charge is 2.24. The fourth-order valence-electron chi connectivity index (χ4n) is 7.47. The molecule has 0 aliphatic rings. The van der Waals surface area contributed by atoms with Gasteiger partial charge in [-0.1, -0.05) is 97.1 Å². The van der Waals surface area contributed by atoms with E-state index in [9.17, 15) is 0 Å². The third kappa shape index (κ3) is 4.26. The number of para-hydroxylation sites is 3. The number of fused-ring (bicyclic) bond motifs is 9. The predicted octanol–water partition coefficient (Wildman–Crippen LogP) is 12.2. The minimum Gasteiger partial charge on any atom is -0.456 e. The first-order chi connectivity index (χ1) is 25.3. The number of nitrogens with zero attached hydrogens (tertiary/aromatic N) is 3. The van der Waals surface area contributed by atoms with Gasteiger partial charge in [-0.25, -0.2) is 15.0 Å². The molecule has 0 fully saturated rings. The first kappa shape index (κ1) is 27.9. The van der Waals surface area contributed by atoms with Gasteiger partial charge in [0.2, 0.25) is 0 Å². The van der Waals surface area contributed by atoms with Crippen molar-refractivity contribution < 1.29 is 13.3 Å². The number of benzene rings is 7. The van der Waals surface area contributed by atoms with E-state index in [4.69, 9.17) is 28.2 Å². The Morgan fingerprint density at radius 2 is 0.843 bits per heavy atom. The Bertz CT molecular complexity index is 3150. The number of hydrogen-bond donors (Lipinski definition) is 0. The molecular formula is C45H25N3O3. The summed E-state index contributed by atoms with van der Waals surface area (Å²) in [7, 11) is 0. The summed E-state index contributed by atoms with van der Waals surface area (Å²) in [6.07, 6.45) is 0. The van der Waals surface area contributed by atoms with Crippen LogP contribution < -0.4 is 0 Å². The van der Waals surface area contributed by atoms with Crippen molar-refractivity contribution in [3.8, 4) is 45.3 Å². The van der Waals surface area contributed by atoms with Gasteiger partial charge in [0, 0.05) is 49.0 Å². The summed E-state index contributed by atoms with van der Waals surface area (Å²) >= 11 is 0. The predicted molar refractivity (Wildman–Crippen MR) is 203 cm³/mol. The zero-order valence-corrected chi connectivity index (χ0v) is 27.0. The monoisotopic (exact) mass is 655 g/mol. The van der Waals surface area contributed by atoms with E-state index in [0.717, 1.165) is 93.6 Å². The maximum absolute atomic E-state index is 6.46. The van der Waals surface area contributed by atoms with E-state index in [1.54, 1.807) is 0 Å². The summed E-state index contributed by atoms with van der Waals surface area (Å²) in [5, 5.41) is 6.07. The van der Waals surface area contributed by atoms with Crippen LogP contribution in [0.2, 0.25) is 0 Å². The van der Waals surface area contributed by atoms with Crippen molar-refractivity contribution in [1.82, 2.24) is 15.0 Å². The van der Waals surface area contributed by atoms with Crippen molar-refractivity contribution in [1.29, 1.82) is 0 Å². The lowest BCUT2D eigenvalue weighted by molar-refractivity contribution is 0.668. The van der Waals surface area contributed by atoms with E-state index in [-0.39, 0.29) is 0 Å². The smallest absolute Gasteiger partial charge is 0.165 e. The van der Waals surface area contributed by atoms with Crippen LogP contribution in [0.15, 0.2) is 165 Å². The first-order valence-corrected chi connectivity index (χ1v) is 16.9. The van der Waals surface area contributed by atoms with Crippen LogP contribution >= 0.6 is 0 Å². The molecule has 0 saturated carbocycles. The molecule has 4 aromatic heterocycles. The van der Waals surface area contributed by atoms with Gasteiger partial charge in [0.05, 0.1) is 0 Å². The quantitative estimate of drug-likeness (QED) is 0.188. The third-order valence-electron chi connectivity index (χ3n) is 9.76. The van der Waals surface area contributed by atoms with Crippen LogP contribution in [0.5, 0.6) is 0 Å². The van der Waals surface area contributed by atoms with Gasteiger partial charge in [0.25, 0.3) is 0 Å². The molecule has 0 spiro atoms. The summed E-state index contributed by atoms with van der Waals surface area (Å²) < 4.78 is 19.0. The summed E-state index contributed by atoms with van der Waals surface area (Å²) in [5.74, 6) is 1.69. The lowest BCUT2D eigenvalue weighted by Gasteiger charge is -2.14. The highest BCUT2D eigenvalue weighted by molar-refractivity contribution is 6.19. The zero-order valence-electron chi connectivity index (χ0n) is 27.0. The molecule has 11 aromatic rings. The molecule has 7 aromatic carbocycles. The standard InChI is InChI=1S/C45H25N3O3/c1-2-11-26(12-3-1)43-46-44(27-21-23-37-33(25-27)28-13-4-7-17-34(28)49-37)48-45(47-43)42-30(22-24-39-41(42)32-15-6-9-19-36(32)51-39)29-16-10-20-38-40(29)31-14-5-8-18-35(31)50-38/h1-25H. The molecule has 0 saturated heterocycles. The lowest BCUT2D eigenvalue weighted by atomic mass is 9.92. The van der Waals surface area contributed by atoms with Gasteiger partial charge in [-0.3, -0.25) is 0 Å². The number of rotatable bonds is 4. The first-order valence-electron chi connectivity index (χ1n) is 16.9. The van der Waals surface area contributed by atoms with Gasteiger partial charge in [0.15, 0.2) is 17.5 Å². The average molecular weight is 656 g/mol. The number of furan rings is 3. The third-order valence-corrected chi connectivity index (χ3v) is 9.76. The molecule has 0 bridgehead atoms. The molecule has 0 aliphatic heterocycles. The number of aromatic nitrogens is 3. The van der Waals surface area contributed by atoms with Crippen molar-refractivity contribution in [3.63, 3.8) is 0 Å². The summed E-state index contributed by atoms with van der Waals surface area (Å²) in [6, 6.07) is 51.0. The Balaban J connectivity index is 1.25. The molecule has 0 radical (unpaired) electrons. The Morgan fingerprint density at radius 3 is 1.61 bits per heavy atom. The Hall–Kier alpha value is -7.05. The number of hydrogen-bond acceptors (Lipinski definition) is 6. The molecule has 0 atom stereocenters. The van der Waals surface area contributed by atoms with Crippen LogP contribution in [-0.2, 0) is 0 Å². The van der Waals surface area contributed by atoms with E-state index in [0.29, 0.717) is 17.5 Å². The molecule has 6 heteroatoms. The molecule has 0 N–H and O–H groups in total. The largest absolute Gasteiger partial charge is 0.456 e. The molecule has 11 rings (SSSR count). The summed E-state index contributed by atoms with van der Waals surface area (Å²) in [4.78, 5) is 15.6. The van der Waals surface area contributed by atoms with Gasteiger partial charge in [0.1, 0.15) is 33.5 Å². The van der Waals surface area contributed by atoms with Crippen LogP contribution in [0.4, 0.5) is 0 Å². The van der Waals surface area contributed by atoms with Gasteiger partial charge in [-0.15, -0.1) is 0 Å². The lowest BCUT2D eigenvalue weighted by Crippen LogP contribution is -2.01. The molecule has 51 heavy (non-hydrogen) atoms. The van der Waals surface area contributed by atoms with Crippen LogP contribution in [0.25, 0.3) is 111 Å². The van der Waals surface area contributed by atoms with E-state index < -0.39 is 0 Å².